The highest BCUT2D eigenvalue weighted by Gasteiger charge is 2.27. The predicted molar refractivity (Wildman–Crippen MR) is 89.4 cm³/mol. The maximum absolute atomic E-state index is 6.54. The number of benzene rings is 1. The van der Waals surface area contributed by atoms with Crippen LogP contribution in [-0.4, -0.2) is 6.10 Å². The van der Waals surface area contributed by atoms with E-state index in [9.17, 15) is 0 Å². The molecule has 0 radical (unpaired) electrons. The number of rotatable bonds is 5. The molecule has 1 atom stereocenters. The quantitative estimate of drug-likeness (QED) is 0.833. The lowest BCUT2D eigenvalue weighted by Crippen LogP contribution is -2.27. The summed E-state index contributed by atoms with van der Waals surface area (Å²) < 4.78 is 5.79. The van der Waals surface area contributed by atoms with Crippen molar-refractivity contribution in [1.82, 2.24) is 0 Å². The van der Waals surface area contributed by atoms with Crippen LogP contribution in [0.3, 0.4) is 0 Å². The van der Waals surface area contributed by atoms with Gasteiger partial charge < -0.3 is 10.5 Å². The third kappa shape index (κ3) is 4.47. The minimum absolute atomic E-state index is 0.147. The average molecular weight is 289 g/mol. The third-order valence-corrected chi connectivity index (χ3v) is 4.88. The highest BCUT2D eigenvalue weighted by Crippen LogP contribution is 2.38. The zero-order valence-electron chi connectivity index (χ0n) is 14.0. The first-order chi connectivity index (χ1) is 9.97. The Kier molecular flexibility index (Phi) is 5.69. The summed E-state index contributed by atoms with van der Waals surface area (Å²) in [6.07, 6.45) is 5.40. The summed E-state index contributed by atoms with van der Waals surface area (Å²) in [5.41, 5.74) is 7.76. The van der Waals surface area contributed by atoms with Gasteiger partial charge in [-0.15, -0.1) is 0 Å². The molecule has 2 heteroatoms. The van der Waals surface area contributed by atoms with E-state index < -0.39 is 0 Å². The van der Waals surface area contributed by atoms with Gasteiger partial charge >= 0.3 is 0 Å². The molecule has 1 aromatic carbocycles. The van der Waals surface area contributed by atoms with Crippen LogP contribution in [-0.2, 0) is 0 Å². The van der Waals surface area contributed by atoms with E-state index in [-0.39, 0.29) is 12.1 Å². The molecule has 1 aromatic rings. The van der Waals surface area contributed by atoms with Gasteiger partial charge in [0.1, 0.15) is 5.75 Å². The number of nitrogens with two attached hydrogens (primary N) is 1. The van der Waals surface area contributed by atoms with Crippen LogP contribution < -0.4 is 10.5 Å². The monoisotopic (exact) mass is 289 g/mol. The molecule has 1 aliphatic rings. The second kappa shape index (κ2) is 7.31. The first kappa shape index (κ1) is 16.4. The highest BCUT2D eigenvalue weighted by atomic mass is 16.5. The molecule has 21 heavy (non-hydrogen) atoms. The Labute approximate surface area is 130 Å². The summed E-state index contributed by atoms with van der Waals surface area (Å²) in [7, 11) is 0. The van der Waals surface area contributed by atoms with Gasteiger partial charge in [0.2, 0.25) is 0 Å². The summed E-state index contributed by atoms with van der Waals surface area (Å²) >= 11 is 0. The molecule has 0 spiro atoms. The molecule has 2 rings (SSSR count). The second-order valence-electron chi connectivity index (χ2n) is 7.18. The molecule has 2 nitrogen and oxygen atoms in total. The molecule has 1 unspecified atom stereocenters. The van der Waals surface area contributed by atoms with Crippen LogP contribution in [0.5, 0.6) is 5.75 Å². The van der Waals surface area contributed by atoms with E-state index in [0.29, 0.717) is 5.92 Å². The second-order valence-corrected chi connectivity index (χ2v) is 7.18. The fourth-order valence-corrected chi connectivity index (χ4v) is 3.51. The van der Waals surface area contributed by atoms with E-state index in [4.69, 9.17) is 10.5 Å². The van der Waals surface area contributed by atoms with Crippen molar-refractivity contribution in [2.75, 3.05) is 0 Å². The fourth-order valence-electron chi connectivity index (χ4n) is 3.51. The summed E-state index contributed by atoms with van der Waals surface area (Å²) in [4.78, 5) is 0. The Morgan fingerprint density at radius 1 is 1.00 bits per heavy atom. The number of hydrogen-bond acceptors (Lipinski definition) is 2. The molecule has 0 bridgehead atoms. The van der Waals surface area contributed by atoms with Crippen molar-refractivity contribution in [3.63, 3.8) is 0 Å². The van der Waals surface area contributed by atoms with Gasteiger partial charge in [0.15, 0.2) is 0 Å². The van der Waals surface area contributed by atoms with Crippen molar-refractivity contribution in [2.24, 2.45) is 23.5 Å². The van der Waals surface area contributed by atoms with Crippen LogP contribution in [0.2, 0.25) is 0 Å². The van der Waals surface area contributed by atoms with Crippen LogP contribution in [0.4, 0.5) is 0 Å². The fraction of sp³-hybridized carbons (Fsp3) is 0.684. The van der Waals surface area contributed by atoms with E-state index in [2.05, 4.69) is 45.9 Å². The Morgan fingerprint density at radius 3 is 2.19 bits per heavy atom. The predicted octanol–water partition coefficient (Wildman–Crippen LogP) is 4.94. The summed E-state index contributed by atoms with van der Waals surface area (Å²) in [6.45, 7) is 8.80. The summed E-state index contributed by atoms with van der Waals surface area (Å²) in [5, 5.41) is 0. The zero-order chi connectivity index (χ0) is 15.4. The average Bonchev–Trinajstić information content (AvgIpc) is 2.46. The first-order valence-electron chi connectivity index (χ1n) is 8.49. The molecule has 0 heterocycles. The lowest BCUT2D eigenvalue weighted by Gasteiger charge is -2.34. The molecule has 0 aliphatic heterocycles. The Balaban J connectivity index is 1.98. The smallest absolute Gasteiger partial charge is 0.120 e. The number of hydrogen-bond donors (Lipinski definition) is 1. The molecule has 1 fully saturated rings. The van der Waals surface area contributed by atoms with Crippen molar-refractivity contribution in [2.45, 2.75) is 65.5 Å². The molecular weight excluding hydrogens is 258 g/mol. The standard InChI is InChI=1S/C19H31NO/c1-13(2)15-8-10-16(11-9-15)19(20)17-6-5-7-18(12-17)21-14(3)4/h5-7,12-16,19H,8-11,20H2,1-4H3. The minimum Gasteiger partial charge on any atom is -0.491 e. The molecule has 1 saturated carbocycles. The van der Waals surface area contributed by atoms with Crippen molar-refractivity contribution >= 4 is 0 Å². The lowest BCUT2D eigenvalue weighted by atomic mass is 9.73. The largest absolute Gasteiger partial charge is 0.491 e. The Hall–Kier alpha value is -1.02. The van der Waals surface area contributed by atoms with Crippen LogP contribution in [0.1, 0.15) is 65.0 Å². The Morgan fingerprint density at radius 2 is 1.62 bits per heavy atom. The molecular formula is C19H31NO. The molecule has 0 aromatic heterocycles. The lowest BCUT2D eigenvalue weighted by molar-refractivity contribution is 0.203. The van der Waals surface area contributed by atoms with Crippen molar-refractivity contribution < 1.29 is 4.74 Å². The maximum atomic E-state index is 6.54. The SMILES string of the molecule is CC(C)Oc1cccc(C(N)C2CCC(C(C)C)CC2)c1. The molecule has 0 amide bonds. The summed E-state index contributed by atoms with van der Waals surface area (Å²) in [6, 6.07) is 8.50. The van der Waals surface area contributed by atoms with Crippen molar-refractivity contribution in [3.05, 3.63) is 29.8 Å². The van der Waals surface area contributed by atoms with Crippen LogP contribution in [0.15, 0.2) is 24.3 Å². The third-order valence-electron chi connectivity index (χ3n) is 4.88. The van der Waals surface area contributed by atoms with Gasteiger partial charge in [-0.2, -0.15) is 0 Å². The van der Waals surface area contributed by atoms with Gasteiger partial charge in [0.05, 0.1) is 6.10 Å². The first-order valence-corrected chi connectivity index (χ1v) is 8.49. The van der Waals surface area contributed by atoms with E-state index in [0.717, 1.165) is 17.6 Å². The zero-order valence-corrected chi connectivity index (χ0v) is 14.0. The van der Waals surface area contributed by atoms with Gasteiger partial charge in [-0.05, 0) is 75.0 Å². The normalized spacial score (nSPS) is 24.3. The van der Waals surface area contributed by atoms with E-state index in [1.165, 1.54) is 31.2 Å². The van der Waals surface area contributed by atoms with Gasteiger partial charge in [-0.1, -0.05) is 26.0 Å². The van der Waals surface area contributed by atoms with Gasteiger partial charge in [0, 0.05) is 6.04 Å². The summed E-state index contributed by atoms with van der Waals surface area (Å²) in [5.74, 6) is 3.26. The van der Waals surface area contributed by atoms with Gasteiger partial charge in [0.25, 0.3) is 0 Å². The highest BCUT2D eigenvalue weighted by molar-refractivity contribution is 5.31. The Bertz CT molecular complexity index is 433. The van der Waals surface area contributed by atoms with E-state index in [1.54, 1.807) is 0 Å². The molecule has 0 saturated heterocycles. The molecule has 1 aliphatic carbocycles. The maximum Gasteiger partial charge on any atom is 0.120 e. The van der Waals surface area contributed by atoms with Crippen LogP contribution >= 0.6 is 0 Å². The molecule has 2 N–H and O–H groups in total. The van der Waals surface area contributed by atoms with Crippen LogP contribution in [0.25, 0.3) is 0 Å². The topological polar surface area (TPSA) is 35.2 Å². The van der Waals surface area contributed by atoms with E-state index in [1.807, 2.05) is 6.07 Å². The minimum atomic E-state index is 0.147. The van der Waals surface area contributed by atoms with E-state index >= 15 is 0 Å². The van der Waals surface area contributed by atoms with Crippen molar-refractivity contribution in [3.8, 4) is 5.75 Å². The van der Waals surface area contributed by atoms with Gasteiger partial charge in [-0.25, -0.2) is 0 Å². The van der Waals surface area contributed by atoms with Gasteiger partial charge in [-0.3, -0.25) is 0 Å². The number of ether oxygens (including phenoxy) is 1. The van der Waals surface area contributed by atoms with Crippen LogP contribution in [0, 0.1) is 17.8 Å². The van der Waals surface area contributed by atoms with Crippen molar-refractivity contribution in [1.29, 1.82) is 0 Å². The molecule has 118 valence electrons.